The lowest BCUT2D eigenvalue weighted by Crippen LogP contribution is -2.40. The maximum absolute atomic E-state index is 6.56. The second-order valence-corrected chi connectivity index (χ2v) is 25.4. The third kappa shape index (κ3) is 41.3. The van der Waals surface area contributed by atoms with Crippen molar-refractivity contribution in [2.45, 2.75) is 317 Å². The van der Waals surface area contributed by atoms with E-state index in [9.17, 15) is 0 Å². The average Bonchev–Trinajstić information content (AvgIpc) is 3.40. The molecule has 0 atom stereocenters. The van der Waals surface area contributed by atoms with Crippen molar-refractivity contribution >= 4 is 0 Å². The number of hydrogen-bond donors (Lipinski definition) is 0. The summed E-state index contributed by atoms with van der Waals surface area (Å²) in [6.45, 7) is 16.6. The Balaban J connectivity index is 1.89. The van der Waals surface area contributed by atoms with Crippen molar-refractivity contribution in [2.75, 3.05) is 67.7 Å². The van der Waals surface area contributed by atoms with Crippen LogP contribution >= 0.6 is 0 Å². The lowest BCUT2D eigenvalue weighted by molar-refractivity contribution is -0.905. The Kier molecular flexibility index (Phi) is 45.3. The highest BCUT2D eigenvalue weighted by atomic mass is 16.5. The first-order chi connectivity index (χ1) is 37.6. The summed E-state index contributed by atoms with van der Waals surface area (Å²) in [6.07, 6.45) is 57.2. The van der Waals surface area contributed by atoms with Crippen molar-refractivity contribution < 1.29 is 27.9 Å². The Labute approximate surface area is 480 Å². The van der Waals surface area contributed by atoms with Gasteiger partial charge in [0.05, 0.1) is 67.7 Å². The van der Waals surface area contributed by atoms with Gasteiger partial charge in [-0.05, 0) is 81.3 Å². The van der Waals surface area contributed by atoms with E-state index in [0.717, 1.165) is 97.2 Å². The van der Waals surface area contributed by atoms with Crippen LogP contribution in [-0.2, 0) is 13.1 Å². The van der Waals surface area contributed by atoms with Crippen molar-refractivity contribution in [1.82, 2.24) is 0 Å². The van der Waals surface area contributed by atoms with Gasteiger partial charge in [-0.1, -0.05) is 259 Å². The molecule has 0 saturated carbocycles. The minimum atomic E-state index is 0.773. The molecule has 0 spiro atoms. The number of nitrogens with zero attached hydrogens (tertiary/aromatic N) is 2. The van der Waals surface area contributed by atoms with Gasteiger partial charge in [0, 0.05) is 11.1 Å². The third-order valence-corrected chi connectivity index (χ3v) is 16.3. The van der Waals surface area contributed by atoms with Crippen LogP contribution < -0.4 is 18.9 Å². The van der Waals surface area contributed by atoms with Gasteiger partial charge >= 0.3 is 0 Å². The van der Waals surface area contributed by atoms with Crippen LogP contribution in [0.4, 0.5) is 0 Å². The Bertz CT molecular complexity index is 1480. The molecule has 77 heavy (non-hydrogen) atoms. The smallest absolute Gasteiger partial charge is 0.161 e. The summed E-state index contributed by atoms with van der Waals surface area (Å²) in [5.74, 6) is 3.76. The van der Waals surface area contributed by atoms with Gasteiger partial charge in [-0.15, -0.1) is 0 Å². The molecule has 0 bridgehead atoms. The molecule has 0 saturated heterocycles. The molecule has 0 amide bonds. The summed E-state index contributed by atoms with van der Waals surface area (Å²) >= 11 is 0. The quantitative estimate of drug-likeness (QED) is 0.0489. The Hall–Kier alpha value is -2.44. The van der Waals surface area contributed by atoms with E-state index in [-0.39, 0.29) is 0 Å². The van der Waals surface area contributed by atoms with Gasteiger partial charge in [0.25, 0.3) is 0 Å². The van der Waals surface area contributed by atoms with E-state index in [1.165, 1.54) is 275 Å². The van der Waals surface area contributed by atoms with Crippen LogP contribution in [0.25, 0.3) is 0 Å². The monoisotopic (exact) mass is 1080 g/mol. The van der Waals surface area contributed by atoms with E-state index in [4.69, 9.17) is 18.9 Å². The van der Waals surface area contributed by atoms with E-state index in [1.807, 2.05) is 0 Å². The molecule has 2 rings (SSSR count). The first-order valence-electron chi connectivity index (χ1n) is 34.0. The number of rotatable bonds is 58. The molecule has 6 nitrogen and oxygen atoms in total. The Morgan fingerprint density at radius 2 is 0.455 bits per heavy atom. The molecule has 0 aliphatic heterocycles. The molecule has 0 fully saturated rings. The fourth-order valence-corrected chi connectivity index (χ4v) is 11.3. The summed E-state index contributed by atoms with van der Waals surface area (Å²) in [5, 5.41) is 0. The van der Waals surface area contributed by atoms with E-state index in [2.05, 4.69) is 92.3 Å². The Morgan fingerprint density at radius 1 is 0.247 bits per heavy atom. The molecule has 6 heteroatoms. The fraction of sp³-hybridized carbons (Fsp3) is 0.831. The van der Waals surface area contributed by atoms with Gasteiger partial charge in [0.1, 0.15) is 13.1 Å². The van der Waals surface area contributed by atoms with Gasteiger partial charge in [-0.25, -0.2) is 0 Å². The van der Waals surface area contributed by atoms with Gasteiger partial charge in [0.2, 0.25) is 0 Å². The first kappa shape index (κ1) is 70.7. The molecule has 0 aliphatic rings. The van der Waals surface area contributed by atoms with Crippen LogP contribution in [0.5, 0.6) is 23.0 Å². The maximum Gasteiger partial charge on any atom is 0.161 e. The molecule has 448 valence electrons. The highest BCUT2D eigenvalue weighted by molar-refractivity contribution is 5.43. The molecule has 2 aromatic carbocycles. The largest absolute Gasteiger partial charge is 0.490 e. The molecular weight excluding hydrogens is 945 g/mol. The predicted molar refractivity (Wildman–Crippen MR) is 337 cm³/mol. The van der Waals surface area contributed by atoms with Crippen molar-refractivity contribution in [3.05, 3.63) is 47.5 Å². The molecule has 0 aliphatic carbocycles. The van der Waals surface area contributed by atoms with E-state index >= 15 is 0 Å². The number of hydrogen-bond acceptors (Lipinski definition) is 4. The van der Waals surface area contributed by atoms with Crippen LogP contribution in [-0.4, -0.2) is 76.7 Å². The van der Waals surface area contributed by atoms with Crippen molar-refractivity contribution in [3.8, 4) is 23.0 Å². The maximum atomic E-state index is 6.56. The predicted octanol–water partition coefficient (Wildman–Crippen LogP) is 21.9. The second kappa shape index (κ2) is 49.4. The third-order valence-electron chi connectivity index (χ3n) is 16.3. The molecule has 0 aromatic heterocycles. The van der Waals surface area contributed by atoms with Crippen LogP contribution in [0.15, 0.2) is 36.4 Å². The second-order valence-electron chi connectivity index (χ2n) is 25.4. The van der Waals surface area contributed by atoms with Crippen LogP contribution in [0.1, 0.15) is 315 Å². The van der Waals surface area contributed by atoms with Gasteiger partial charge in [-0.3, -0.25) is 0 Å². The van der Waals surface area contributed by atoms with E-state index < -0.39 is 0 Å². The molecule has 2 aromatic rings. The molecule has 0 radical (unpaired) electrons. The van der Waals surface area contributed by atoms with Crippen LogP contribution in [0.3, 0.4) is 0 Å². The van der Waals surface area contributed by atoms with E-state index in [0.29, 0.717) is 0 Å². The van der Waals surface area contributed by atoms with Crippen LogP contribution in [0.2, 0.25) is 0 Å². The lowest BCUT2D eigenvalue weighted by atomic mass is 10.1. The van der Waals surface area contributed by atoms with Crippen LogP contribution in [0, 0.1) is 0 Å². The zero-order valence-corrected chi connectivity index (χ0v) is 53.1. The zero-order chi connectivity index (χ0) is 55.6. The van der Waals surface area contributed by atoms with Crippen molar-refractivity contribution in [1.29, 1.82) is 0 Å². The minimum Gasteiger partial charge on any atom is -0.490 e. The molecular formula is C71H132N2O4+2. The highest BCUT2D eigenvalue weighted by Gasteiger charge is 2.21. The topological polar surface area (TPSA) is 36.9 Å². The molecule has 0 N–H and O–H groups in total. The fourth-order valence-electron chi connectivity index (χ4n) is 11.3. The van der Waals surface area contributed by atoms with Gasteiger partial charge < -0.3 is 27.9 Å². The number of quaternary nitrogens is 2. The first-order valence-corrected chi connectivity index (χ1v) is 34.0. The standard InChI is InChI=1S/C71H132N2O4/c1-9-13-17-21-25-29-33-37-41-48-58-74-68-54-52-66(62-70(68)76-60-50-43-39-35-31-27-23-19-15-11-3)64-72(5,6)56-46-45-47-57-73(7,8)65-67-53-55-69(75-59-49-42-38-34-30-26-22-18-14-10-2)71(63-67)77-61-51-44-40-36-32-28-24-20-16-12-4/h52-55,62-63H,9-51,56-61,64-65H2,1-8H3/q+2. The zero-order valence-electron chi connectivity index (χ0n) is 53.1. The summed E-state index contributed by atoms with van der Waals surface area (Å²) in [5.41, 5.74) is 2.69. The van der Waals surface area contributed by atoms with Gasteiger partial charge in [0.15, 0.2) is 23.0 Å². The van der Waals surface area contributed by atoms with Gasteiger partial charge in [-0.2, -0.15) is 0 Å². The number of unbranched alkanes of at least 4 members (excludes halogenated alkanes) is 38. The summed E-state index contributed by atoms with van der Waals surface area (Å²) in [4.78, 5) is 0. The highest BCUT2D eigenvalue weighted by Crippen LogP contribution is 2.32. The number of benzene rings is 2. The normalized spacial score (nSPS) is 11.9. The summed E-state index contributed by atoms with van der Waals surface area (Å²) in [7, 11) is 9.61. The molecule has 0 unspecified atom stereocenters. The average molecular weight is 1080 g/mol. The summed E-state index contributed by atoms with van der Waals surface area (Å²) < 4.78 is 28.0. The lowest BCUT2D eigenvalue weighted by Gasteiger charge is -2.31. The minimum absolute atomic E-state index is 0.773. The number of ether oxygens (including phenoxy) is 4. The Morgan fingerprint density at radius 3 is 0.701 bits per heavy atom. The van der Waals surface area contributed by atoms with E-state index in [1.54, 1.807) is 0 Å². The van der Waals surface area contributed by atoms with Crippen molar-refractivity contribution in [3.63, 3.8) is 0 Å². The van der Waals surface area contributed by atoms with Crippen molar-refractivity contribution in [2.24, 2.45) is 0 Å². The SMILES string of the molecule is CCCCCCCCCCCCOc1ccc(C[N+](C)(C)CCCCC[N+](C)(C)Cc2ccc(OCCCCCCCCCCCC)c(OCCCCCCCCCCCC)c2)cc1OCCCCCCCCCCCC. The molecule has 0 heterocycles. The summed E-state index contributed by atoms with van der Waals surface area (Å²) in [6, 6.07) is 13.6.